The van der Waals surface area contributed by atoms with Crippen LogP contribution in [-0.2, 0) is 0 Å². The molecular formula is C15H22ClN. The summed E-state index contributed by atoms with van der Waals surface area (Å²) in [5, 5.41) is 0.831. The van der Waals surface area contributed by atoms with Crippen LogP contribution in [0.15, 0.2) is 18.2 Å². The van der Waals surface area contributed by atoms with Crippen LogP contribution in [-0.4, -0.2) is 0 Å². The standard InChI is InChI=1S/C15H22ClN/c1-10-4-3-5-12(8-10)15(17)13-6-7-14(16)11(2)9-13/h6-7,9-10,12,15H,3-5,8,17H2,1-2H3. The van der Waals surface area contributed by atoms with E-state index in [0.717, 1.165) is 16.5 Å². The van der Waals surface area contributed by atoms with Gasteiger partial charge in [0, 0.05) is 11.1 Å². The van der Waals surface area contributed by atoms with Crippen molar-refractivity contribution >= 4 is 11.6 Å². The molecule has 94 valence electrons. The Morgan fingerprint density at radius 1 is 1.35 bits per heavy atom. The number of rotatable bonds is 2. The predicted octanol–water partition coefficient (Wildman–Crippen LogP) is 4.47. The van der Waals surface area contributed by atoms with Gasteiger partial charge >= 0.3 is 0 Å². The SMILES string of the molecule is Cc1cc(C(N)C2CCCC(C)C2)ccc1Cl. The summed E-state index contributed by atoms with van der Waals surface area (Å²) in [4.78, 5) is 0. The number of nitrogens with two attached hydrogens (primary N) is 1. The molecule has 1 nitrogen and oxygen atoms in total. The molecule has 0 radical (unpaired) electrons. The van der Waals surface area contributed by atoms with Gasteiger partial charge in [-0.05, 0) is 48.8 Å². The molecule has 3 unspecified atom stereocenters. The highest BCUT2D eigenvalue weighted by Crippen LogP contribution is 2.36. The van der Waals surface area contributed by atoms with Crippen LogP contribution in [0.2, 0.25) is 5.02 Å². The zero-order valence-electron chi connectivity index (χ0n) is 10.7. The molecule has 2 heteroatoms. The molecule has 3 atom stereocenters. The van der Waals surface area contributed by atoms with Crippen LogP contribution in [0.5, 0.6) is 0 Å². The molecule has 2 N–H and O–H groups in total. The highest BCUT2D eigenvalue weighted by molar-refractivity contribution is 6.31. The van der Waals surface area contributed by atoms with E-state index < -0.39 is 0 Å². The fraction of sp³-hybridized carbons (Fsp3) is 0.600. The Balaban J connectivity index is 2.12. The van der Waals surface area contributed by atoms with Gasteiger partial charge in [0.2, 0.25) is 0 Å². The van der Waals surface area contributed by atoms with Gasteiger partial charge in [0.15, 0.2) is 0 Å². The molecule has 1 aromatic carbocycles. The molecule has 1 aliphatic carbocycles. The summed E-state index contributed by atoms with van der Waals surface area (Å²) in [6.07, 6.45) is 5.23. The van der Waals surface area contributed by atoms with Crippen molar-refractivity contribution in [2.75, 3.05) is 0 Å². The van der Waals surface area contributed by atoms with Crippen molar-refractivity contribution in [3.63, 3.8) is 0 Å². The summed E-state index contributed by atoms with van der Waals surface area (Å²) >= 11 is 6.05. The number of halogens is 1. The van der Waals surface area contributed by atoms with Crippen molar-refractivity contribution in [3.05, 3.63) is 34.3 Å². The summed E-state index contributed by atoms with van der Waals surface area (Å²) < 4.78 is 0. The normalized spacial score (nSPS) is 26.8. The minimum Gasteiger partial charge on any atom is -0.324 e. The smallest absolute Gasteiger partial charge is 0.0435 e. The van der Waals surface area contributed by atoms with Gasteiger partial charge in [-0.25, -0.2) is 0 Å². The Bertz CT molecular complexity index is 389. The van der Waals surface area contributed by atoms with Gasteiger partial charge in [0.05, 0.1) is 0 Å². The maximum absolute atomic E-state index is 6.41. The Kier molecular flexibility index (Phi) is 4.11. The largest absolute Gasteiger partial charge is 0.324 e. The molecule has 0 aromatic heterocycles. The van der Waals surface area contributed by atoms with Gasteiger partial charge in [-0.1, -0.05) is 43.5 Å². The van der Waals surface area contributed by atoms with Crippen molar-refractivity contribution in [1.82, 2.24) is 0 Å². The molecule has 1 aromatic rings. The number of aryl methyl sites for hydroxylation is 1. The molecule has 0 heterocycles. The Morgan fingerprint density at radius 3 is 2.76 bits per heavy atom. The predicted molar refractivity (Wildman–Crippen MR) is 74.2 cm³/mol. The average Bonchev–Trinajstić information content (AvgIpc) is 2.32. The topological polar surface area (TPSA) is 26.0 Å². The van der Waals surface area contributed by atoms with Crippen LogP contribution in [0.25, 0.3) is 0 Å². The van der Waals surface area contributed by atoms with E-state index in [4.69, 9.17) is 17.3 Å². The fourth-order valence-electron chi connectivity index (χ4n) is 2.95. The lowest BCUT2D eigenvalue weighted by Gasteiger charge is -2.31. The second-order valence-electron chi connectivity index (χ2n) is 5.57. The van der Waals surface area contributed by atoms with Crippen molar-refractivity contribution < 1.29 is 0 Å². The Morgan fingerprint density at radius 2 is 2.12 bits per heavy atom. The first kappa shape index (κ1) is 12.9. The molecule has 0 bridgehead atoms. The Labute approximate surface area is 109 Å². The highest BCUT2D eigenvalue weighted by atomic mass is 35.5. The third-order valence-corrected chi connectivity index (χ3v) is 4.48. The van der Waals surface area contributed by atoms with Gasteiger partial charge < -0.3 is 5.73 Å². The molecular weight excluding hydrogens is 230 g/mol. The van der Waals surface area contributed by atoms with Gasteiger partial charge in [-0.15, -0.1) is 0 Å². The van der Waals surface area contributed by atoms with Crippen molar-refractivity contribution in [3.8, 4) is 0 Å². The first-order valence-corrected chi connectivity index (χ1v) is 6.97. The summed E-state index contributed by atoms with van der Waals surface area (Å²) in [7, 11) is 0. The first-order valence-electron chi connectivity index (χ1n) is 6.59. The van der Waals surface area contributed by atoms with Crippen LogP contribution < -0.4 is 5.73 Å². The summed E-state index contributed by atoms with van der Waals surface area (Å²) in [6.45, 7) is 4.38. The van der Waals surface area contributed by atoms with Crippen molar-refractivity contribution in [2.24, 2.45) is 17.6 Å². The number of hydrogen-bond donors (Lipinski definition) is 1. The molecule has 1 aliphatic rings. The lowest BCUT2D eigenvalue weighted by atomic mass is 9.77. The molecule has 1 fully saturated rings. The summed E-state index contributed by atoms with van der Waals surface area (Å²) in [5.41, 5.74) is 8.78. The number of hydrogen-bond acceptors (Lipinski definition) is 1. The lowest BCUT2D eigenvalue weighted by Crippen LogP contribution is -2.26. The van der Waals surface area contributed by atoms with E-state index in [1.807, 2.05) is 13.0 Å². The lowest BCUT2D eigenvalue weighted by molar-refractivity contribution is 0.248. The first-order chi connectivity index (χ1) is 8.08. The maximum Gasteiger partial charge on any atom is 0.0435 e. The third kappa shape index (κ3) is 3.02. The van der Waals surface area contributed by atoms with Crippen LogP contribution in [0.1, 0.15) is 49.8 Å². The van der Waals surface area contributed by atoms with Crippen LogP contribution in [0.4, 0.5) is 0 Å². The van der Waals surface area contributed by atoms with E-state index in [0.29, 0.717) is 5.92 Å². The average molecular weight is 252 g/mol. The zero-order chi connectivity index (χ0) is 12.4. The molecule has 1 saturated carbocycles. The van der Waals surface area contributed by atoms with Crippen LogP contribution in [0, 0.1) is 18.8 Å². The number of benzene rings is 1. The van der Waals surface area contributed by atoms with E-state index in [2.05, 4.69) is 19.1 Å². The van der Waals surface area contributed by atoms with Gasteiger partial charge in [-0.3, -0.25) is 0 Å². The van der Waals surface area contributed by atoms with Crippen molar-refractivity contribution in [2.45, 2.75) is 45.6 Å². The highest BCUT2D eigenvalue weighted by Gasteiger charge is 2.25. The third-order valence-electron chi connectivity index (χ3n) is 4.05. The molecule has 0 saturated heterocycles. The molecule has 0 amide bonds. The van der Waals surface area contributed by atoms with Gasteiger partial charge in [0.1, 0.15) is 0 Å². The minimum atomic E-state index is 0.175. The Hall–Kier alpha value is -0.530. The quantitative estimate of drug-likeness (QED) is 0.824. The van der Waals surface area contributed by atoms with Gasteiger partial charge in [0.25, 0.3) is 0 Å². The molecule has 17 heavy (non-hydrogen) atoms. The van der Waals surface area contributed by atoms with Gasteiger partial charge in [-0.2, -0.15) is 0 Å². The van der Waals surface area contributed by atoms with E-state index in [1.165, 1.54) is 31.2 Å². The van der Waals surface area contributed by atoms with Crippen LogP contribution >= 0.6 is 11.6 Å². The second-order valence-corrected chi connectivity index (χ2v) is 5.97. The maximum atomic E-state index is 6.41. The monoisotopic (exact) mass is 251 g/mol. The summed E-state index contributed by atoms with van der Waals surface area (Å²) in [5.74, 6) is 1.47. The van der Waals surface area contributed by atoms with E-state index in [9.17, 15) is 0 Å². The van der Waals surface area contributed by atoms with E-state index >= 15 is 0 Å². The molecule has 0 spiro atoms. The summed E-state index contributed by atoms with van der Waals surface area (Å²) in [6, 6.07) is 6.37. The van der Waals surface area contributed by atoms with Crippen molar-refractivity contribution in [1.29, 1.82) is 0 Å². The zero-order valence-corrected chi connectivity index (χ0v) is 11.5. The molecule has 2 rings (SSSR count). The van der Waals surface area contributed by atoms with E-state index in [1.54, 1.807) is 0 Å². The second kappa shape index (κ2) is 5.41. The minimum absolute atomic E-state index is 0.175. The van der Waals surface area contributed by atoms with Crippen LogP contribution in [0.3, 0.4) is 0 Å². The van der Waals surface area contributed by atoms with E-state index in [-0.39, 0.29) is 6.04 Å². The molecule has 0 aliphatic heterocycles. The fourth-order valence-corrected chi connectivity index (χ4v) is 3.07.